The van der Waals surface area contributed by atoms with Crippen LogP contribution in [0.1, 0.15) is 43.9 Å². The van der Waals surface area contributed by atoms with E-state index >= 15 is 0 Å². The van der Waals surface area contributed by atoms with Gasteiger partial charge in [-0.1, -0.05) is 74.8 Å². The van der Waals surface area contributed by atoms with Gasteiger partial charge in [-0.2, -0.15) is 0 Å². The van der Waals surface area contributed by atoms with Gasteiger partial charge in [-0.3, -0.25) is 9.59 Å². The number of carbonyl (C=O) groups excluding carboxylic acids is 2. The zero-order valence-electron chi connectivity index (χ0n) is 17.7. The summed E-state index contributed by atoms with van der Waals surface area (Å²) in [4.78, 5) is 27.9. The Balaban J connectivity index is 2.30. The third kappa shape index (κ3) is 6.60. The second-order valence-electron chi connectivity index (χ2n) is 7.78. The van der Waals surface area contributed by atoms with Gasteiger partial charge in [0.25, 0.3) is 0 Å². The lowest BCUT2D eigenvalue weighted by atomic mass is 10.0. The van der Waals surface area contributed by atoms with Gasteiger partial charge in [0, 0.05) is 18.1 Å². The van der Waals surface area contributed by atoms with Gasteiger partial charge in [-0.15, -0.1) is 0 Å². The van der Waals surface area contributed by atoms with Crippen molar-refractivity contribution in [3.8, 4) is 0 Å². The van der Waals surface area contributed by atoms with E-state index in [2.05, 4.69) is 19.2 Å². The molecule has 2 aromatic rings. The molecule has 4 nitrogen and oxygen atoms in total. The van der Waals surface area contributed by atoms with Crippen molar-refractivity contribution >= 4 is 23.4 Å². The Morgan fingerprint density at radius 2 is 1.66 bits per heavy atom. The maximum atomic E-state index is 13.3. The molecule has 2 rings (SSSR count). The molecule has 1 N–H and O–H groups in total. The van der Waals surface area contributed by atoms with Crippen molar-refractivity contribution in [2.24, 2.45) is 5.92 Å². The van der Waals surface area contributed by atoms with E-state index < -0.39 is 6.04 Å². The van der Waals surface area contributed by atoms with Crippen LogP contribution in [0.3, 0.4) is 0 Å². The van der Waals surface area contributed by atoms with Gasteiger partial charge in [0.15, 0.2) is 0 Å². The number of halogens is 1. The topological polar surface area (TPSA) is 49.4 Å². The fourth-order valence-electron chi connectivity index (χ4n) is 3.22. The molecule has 2 amide bonds. The lowest BCUT2D eigenvalue weighted by Crippen LogP contribution is -2.50. The Morgan fingerprint density at radius 3 is 2.24 bits per heavy atom. The van der Waals surface area contributed by atoms with Crippen LogP contribution in [0.25, 0.3) is 0 Å². The number of hydrogen-bond acceptors (Lipinski definition) is 2. The number of rotatable bonds is 9. The maximum Gasteiger partial charge on any atom is 0.242 e. The predicted octanol–water partition coefficient (Wildman–Crippen LogP) is 4.77. The minimum Gasteiger partial charge on any atom is -0.354 e. The Bertz CT molecular complexity index is 835. The highest BCUT2D eigenvalue weighted by atomic mass is 35.5. The molecule has 29 heavy (non-hydrogen) atoms. The summed E-state index contributed by atoms with van der Waals surface area (Å²) in [6, 6.07) is 14.8. The molecule has 0 saturated carbocycles. The number of nitrogens with one attached hydrogen (secondary N) is 1. The molecule has 0 aliphatic heterocycles. The lowest BCUT2D eigenvalue weighted by molar-refractivity contribution is -0.141. The average molecular weight is 415 g/mol. The lowest BCUT2D eigenvalue weighted by Gasteiger charge is -2.31. The highest BCUT2D eigenvalue weighted by molar-refractivity contribution is 6.31. The van der Waals surface area contributed by atoms with E-state index in [1.807, 2.05) is 56.3 Å². The molecule has 0 spiro atoms. The van der Waals surface area contributed by atoms with E-state index in [-0.39, 0.29) is 18.2 Å². The van der Waals surface area contributed by atoms with Gasteiger partial charge in [-0.25, -0.2) is 0 Å². The van der Waals surface area contributed by atoms with Crippen LogP contribution in [-0.4, -0.2) is 29.3 Å². The Hall–Kier alpha value is -2.33. The number of carbonyl (C=O) groups is 2. The van der Waals surface area contributed by atoms with Gasteiger partial charge in [0.1, 0.15) is 6.04 Å². The van der Waals surface area contributed by atoms with E-state index in [1.165, 1.54) is 0 Å². The van der Waals surface area contributed by atoms with Crippen molar-refractivity contribution in [2.45, 2.75) is 53.1 Å². The molecule has 0 aliphatic rings. The summed E-state index contributed by atoms with van der Waals surface area (Å²) in [6.45, 7) is 9.04. The molecular formula is C24H31ClN2O2. The van der Waals surface area contributed by atoms with Gasteiger partial charge < -0.3 is 10.2 Å². The first-order valence-corrected chi connectivity index (χ1v) is 10.6. The normalized spacial score (nSPS) is 11.9. The van der Waals surface area contributed by atoms with Gasteiger partial charge in [-0.05, 0) is 42.0 Å². The summed E-state index contributed by atoms with van der Waals surface area (Å²) < 4.78 is 0. The Morgan fingerprint density at radius 1 is 1.03 bits per heavy atom. The molecule has 0 radical (unpaired) electrons. The highest BCUT2D eigenvalue weighted by Gasteiger charge is 2.29. The minimum absolute atomic E-state index is 0.104. The minimum atomic E-state index is -0.525. The monoisotopic (exact) mass is 414 g/mol. The zero-order valence-corrected chi connectivity index (χ0v) is 18.5. The third-order valence-electron chi connectivity index (χ3n) is 4.97. The first kappa shape index (κ1) is 23.0. The van der Waals surface area contributed by atoms with Crippen molar-refractivity contribution in [3.63, 3.8) is 0 Å². The highest BCUT2D eigenvalue weighted by Crippen LogP contribution is 2.20. The number of benzene rings is 2. The van der Waals surface area contributed by atoms with Crippen LogP contribution in [0.15, 0.2) is 48.5 Å². The molecule has 0 saturated heterocycles. The first-order chi connectivity index (χ1) is 13.8. The van der Waals surface area contributed by atoms with E-state index in [1.54, 1.807) is 11.0 Å². The second kappa shape index (κ2) is 11.0. The van der Waals surface area contributed by atoms with Crippen LogP contribution < -0.4 is 5.32 Å². The molecule has 0 aliphatic carbocycles. The number of aryl methyl sites for hydroxylation is 1. The summed E-state index contributed by atoms with van der Waals surface area (Å²) in [5.74, 6) is 0.135. The Labute approximate surface area is 179 Å². The summed E-state index contributed by atoms with van der Waals surface area (Å²) in [5, 5.41) is 3.55. The van der Waals surface area contributed by atoms with Crippen LogP contribution in [0.4, 0.5) is 0 Å². The van der Waals surface area contributed by atoms with Gasteiger partial charge in [0.2, 0.25) is 11.8 Å². The average Bonchev–Trinajstić information content (AvgIpc) is 2.69. The number of hydrogen-bond donors (Lipinski definition) is 1. The van der Waals surface area contributed by atoms with E-state index in [4.69, 9.17) is 11.6 Å². The van der Waals surface area contributed by atoms with E-state index in [0.717, 1.165) is 16.7 Å². The van der Waals surface area contributed by atoms with E-state index in [0.29, 0.717) is 30.5 Å². The quantitative estimate of drug-likeness (QED) is 0.642. The molecule has 0 unspecified atom stereocenters. The fraction of sp³-hybridized carbons (Fsp3) is 0.417. The molecule has 0 heterocycles. The molecule has 156 valence electrons. The summed E-state index contributed by atoms with van der Waals surface area (Å²) in [6.07, 6.45) is 0.712. The van der Waals surface area contributed by atoms with Crippen LogP contribution in [0.2, 0.25) is 5.02 Å². The van der Waals surface area contributed by atoms with Crippen molar-refractivity contribution < 1.29 is 9.59 Å². The molecular weight excluding hydrogens is 384 g/mol. The molecule has 0 bridgehead atoms. The molecule has 2 aromatic carbocycles. The third-order valence-corrected chi connectivity index (χ3v) is 5.34. The Kier molecular flexibility index (Phi) is 8.71. The van der Waals surface area contributed by atoms with Crippen LogP contribution in [-0.2, 0) is 22.6 Å². The van der Waals surface area contributed by atoms with Crippen molar-refractivity contribution in [1.82, 2.24) is 10.2 Å². The van der Waals surface area contributed by atoms with Crippen LogP contribution >= 0.6 is 11.6 Å². The zero-order chi connectivity index (χ0) is 21.4. The smallest absolute Gasteiger partial charge is 0.242 e. The van der Waals surface area contributed by atoms with Crippen LogP contribution in [0, 0.1) is 12.8 Å². The molecule has 1 atom stereocenters. The molecule has 5 heteroatoms. The standard InChI is InChI=1S/C24H31ClN2O2/c1-5-22(24(29)26-15-17(2)3)27(16-20-12-7-6-10-18(20)4)23(28)14-19-11-8-9-13-21(19)25/h6-13,17,22H,5,14-16H2,1-4H3,(H,26,29)/t22-/m0/s1. The maximum absolute atomic E-state index is 13.3. The number of amides is 2. The number of nitrogens with zero attached hydrogens (tertiary/aromatic N) is 1. The summed E-state index contributed by atoms with van der Waals surface area (Å²) >= 11 is 6.27. The first-order valence-electron chi connectivity index (χ1n) is 10.2. The second-order valence-corrected chi connectivity index (χ2v) is 8.19. The SMILES string of the molecule is CC[C@@H](C(=O)NCC(C)C)N(Cc1ccccc1C)C(=O)Cc1ccccc1Cl. The van der Waals surface area contributed by atoms with Crippen molar-refractivity contribution in [3.05, 3.63) is 70.2 Å². The van der Waals surface area contributed by atoms with Gasteiger partial charge in [0.05, 0.1) is 6.42 Å². The van der Waals surface area contributed by atoms with Gasteiger partial charge >= 0.3 is 0 Å². The fourth-order valence-corrected chi connectivity index (χ4v) is 3.42. The van der Waals surface area contributed by atoms with E-state index in [9.17, 15) is 9.59 Å². The van der Waals surface area contributed by atoms with Crippen LogP contribution in [0.5, 0.6) is 0 Å². The largest absolute Gasteiger partial charge is 0.354 e. The van der Waals surface area contributed by atoms with Crippen molar-refractivity contribution in [1.29, 1.82) is 0 Å². The summed E-state index contributed by atoms with van der Waals surface area (Å²) in [7, 11) is 0. The van der Waals surface area contributed by atoms with Crippen molar-refractivity contribution in [2.75, 3.05) is 6.54 Å². The molecule has 0 fully saturated rings. The summed E-state index contributed by atoms with van der Waals surface area (Å²) in [5.41, 5.74) is 2.90. The predicted molar refractivity (Wildman–Crippen MR) is 119 cm³/mol. The molecule has 0 aromatic heterocycles.